The number of hydrogen-bond acceptors (Lipinski definition) is 3. The van der Waals surface area contributed by atoms with Crippen molar-refractivity contribution >= 4 is 12.0 Å². The highest BCUT2D eigenvalue weighted by Gasteiger charge is 2.29. The lowest BCUT2D eigenvalue weighted by atomic mass is 9.86. The SMILES string of the molecule is CC1(C)CC(CNC(=O)NC2CCC(C(=O)O)CC2)CCO1. The van der Waals surface area contributed by atoms with E-state index < -0.39 is 5.97 Å². The highest BCUT2D eigenvalue weighted by Crippen LogP contribution is 2.28. The van der Waals surface area contributed by atoms with Crippen molar-refractivity contribution in [3.8, 4) is 0 Å². The van der Waals surface area contributed by atoms with Crippen molar-refractivity contribution in [1.82, 2.24) is 10.6 Å². The van der Waals surface area contributed by atoms with Gasteiger partial charge >= 0.3 is 12.0 Å². The summed E-state index contributed by atoms with van der Waals surface area (Å²) in [7, 11) is 0. The number of carboxylic acid groups (broad SMARTS) is 1. The van der Waals surface area contributed by atoms with Gasteiger partial charge in [-0.2, -0.15) is 0 Å². The van der Waals surface area contributed by atoms with Crippen LogP contribution in [0.15, 0.2) is 0 Å². The van der Waals surface area contributed by atoms with Gasteiger partial charge in [0.25, 0.3) is 0 Å². The molecule has 0 aromatic heterocycles. The molecular formula is C16H28N2O4. The summed E-state index contributed by atoms with van der Waals surface area (Å²) in [6.45, 7) is 5.59. The van der Waals surface area contributed by atoms with Crippen molar-refractivity contribution in [1.29, 1.82) is 0 Å². The molecule has 6 nitrogen and oxygen atoms in total. The zero-order chi connectivity index (χ0) is 16.2. The van der Waals surface area contributed by atoms with Gasteiger partial charge in [-0.05, 0) is 58.3 Å². The average molecular weight is 312 g/mol. The molecule has 1 unspecified atom stereocenters. The molecule has 0 spiro atoms. The third kappa shape index (κ3) is 5.16. The summed E-state index contributed by atoms with van der Waals surface area (Å²) in [5.74, 6) is -0.507. The molecule has 1 saturated carbocycles. The summed E-state index contributed by atoms with van der Waals surface area (Å²) < 4.78 is 5.68. The van der Waals surface area contributed by atoms with Crippen LogP contribution in [0.2, 0.25) is 0 Å². The second kappa shape index (κ2) is 7.31. The number of rotatable bonds is 4. The van der Waals surface area contributed by atoms with E-state index in [2.05, 4.69) is 24.5 Å². The molecular weight excluding hydrogens is 284 g/mol. The fourth-order valence-corrected chi connectivity index (χ4v) is 3.49. The smallest absolute Gasteiger partial charge is 0.315 e. The van der Waals surface area contributed by atoms with Crippen LogP contribution < -0.4 is 10.6 Å². The number of nitrogens with one attached hydrogen (secondary N) is 2. The van der Waals surface area contributed by atoms with Crippen molar-refractivity contribution in [2.45, 2.75) is 64.0 Å². The highest BCUT2D eigenvalue weighted by atomic mass is 16.5. The summed E-state index contributed by atoms with van der Waals surface area (Å²) in [5, 5.41) is 14.9. The number of hydrogen-bond donors (Lipinski definition) is 3. The van der Waals surface area contributed by atoms with Gasteiger partial charge in [-0.15, -0.1) is 0 Å². The van der Waals surface area contributed by atoms with Crippen LogP contribution in [-0.4, -0.2) is 41.9 Å². The topological polar surface area (TPSA) is 87.7 Å². The van der Waals surface area contributed by atoms with Crippen molar-refractivity contribution in [2.75, 3.05) is 13.2 Å². The number of amides is 2. The van der Waals surface area contributed by atoms with Gasteiger partial charge in [0, 0.05) is 19.2 Å². The Kier molecular flexibility index (Phi) is 5.67. The number of urea groups is 1. The number of carbonyl (C=O) groups excluding carboxylic acids is 1. The fourth-order valence-electron chi connectivity index (χ4n) is 3.49. The summed E-state index contributed by atoms with van der Waals surface area (Å²) in [4.78, 5) is 22.9. The molecule has 0 radical (unpaired) electrons. The second-order valence-corrected chi connectivity index (χ2v) is 7.21. The minimum absolute atomic E-state index is 0.0988. The lowest BCUT2D eigenvalue weighted by Gasteiger charge is -2.35. The first kappa shape index (κ1) is 17.1. The number of aliphatic carboxylic acids is 1. The Morgan fingerprint density at radius 1 is 1.18 bits per heavy atom. The van der Waals surface area contributed by atoms with Crippen LogP contribution in [0, 0.1) is 11.8 Å². The van der Waals surface area contributed by atoms with E-state index in [1.807, 2.05) is 0 Å². The van der Waals surface area contributed by atoms with E-state index in [-0.39, 0.29) is 23.6 Å². The van der Waals surface area contributed by atoms with Crippen molar-refractivity contribution in [2.24, 2.45) is 11.8 Å². The molecule has 6 heteroatoms. The predicted molar refractivity (Wildman–Crippen MR) is 82.7 cm³/mol. The Labute approximate surface area is 132 Å². The van der Waals surface area contributed by atoms with Crippen LogP contribution in [0.1, 0.15) is 52.4 Å². The van der Waals surface area contributed by atoms with Crippen molar-refractivity contribution < 1.29 is 19.4 Å². The normalized spacial score (nSPS) is 31.3. The van der Waals surface area contributed by atoms with Crippen molar-refractivity contribution in [3.63, 3.8) is 0 Å². The Morgan fingerprint density at radius 3 is 2.45 bits per heavy atom. The molecule has 0 aromatic carbocycles. The van der Waals surface area contributed by atoms with Crippen molar-refractivity contribution in [3.05, 3.63) is 0 Å². The molecule has 1 aliphatic heterocycles. The summed E-state index contributed by atoms with van der Waals surface area (Å²) in [5.41, 5.74) is -0.101. The summed E-state index contributed by atoms with van der Waals surface area (Å²) >= 11 is 0. The van der Waals surface area contributed by atoms with E-state index in [4.69, 9.17) is 9.84 Å². The van der Waals surface area contributed by atoms with Gasteiger partial charge in [0.2, 0.25) is 0 Å². The predicted octanol–water partition coefficient (Wildman–Crippen LogP) is 2.13. The van der Waals surface area contributed by atoms with Crippen LogP contribution in [-0.2, 0) is 9.53 Å². The first-order valence-electron chi connectivity index (χ1n) is 8.27. The molecule has 126 valence electrons. The third-order valence-corrected chi connectivity index (χ3v) is 4.76. The number of carbonyl (C=O) groups is 2. The first-order chi connectivity index (χ1) is 10.4. The molecule has 2 aliphatic rings. The standard InChI is InChI=1S/C16H28N2O4/c1-16(2)9-11(7-8-22-16)10-17-15(21)18-13-5-3-12(4-6-13)14(19)20/h11-13H,3-10H2,1-2H3,(H,19,20)(H2,17,18,21). The molecule has 1 heterocycles. The first-order valence-corrected chi connectivity index (χ1v) is 8.27. The zero-order valence-corrected chi connectivity index (χ0v) is 13.6. The van der Waals surface area contributed by atoms with Gasteiger partial charge in [-0.1, -0.05) is 0 Å². The van der Waals surface area contributed by atoms with Gasteiger partial charge in [-0.25, -0.2) is 4.79 Å². The van der Waals surface area contributed by atoms with E-state index in [9.17, 15) is 9.59 Å². The minimum Gasteiger partial charge on any atom is -0.481 e. The Bertz CT molecular complexity index is 403. The maximum absolute atomic E-state index is 12.0. The maximum atomic E-state index is 12.0. The Hall–Kier alpha value is -1.30. The van der Waals surface area contributed by atoms with Crippen LogP contribution in [0.4, 0.5) is 4.79 Å². The third-order valence-electron chi connectivity index (χ3n) is 4.76. The second-order valence-electron chi connectivity index (χ2n) is 7.21. The maximum Gasteiger partial charge on any atom is 0.315 e. The molecule has 2 rings (SSSR count). The van der Waals surface area contributed by atoms with Gasteiger partial charge < -0.3 is 20.5 Å². The zero-order valence-electron chi connectivity index (χ0n) is 13.6. The summed E-state index contributed by atoms with van der Waals surface area (Å²) in [6.07, 6.45) is 4.72. The van der Waals surface area contributed by atoms with E-state index in [0.29, 0.717) is 25.3 Å². The molecule has 0 bridgehead atoms. The molecule has 1 atom stereocenters. The molecule has 22 heavy (non-hydrogen) atoms. The fraction of sp³-hybridized carbons (Fsp3) is 0.875. The highest BCUT2D eigenvalue weighted by molar-refractivity contribution is 5.74. The molecule has 1 saturated heterocycles. The van der Waals surface area contributed by atoms with E-state index in [0.717, 1.165) is 32.3 Å². The van der Waals surface area contributed by atoms with E-state index >= 15 is 0 Å². The molecule has 2 amide bonds. The molecule has 1 aliphatic carbocycles. The Morgan fingerprint density at radius 2 is 1.86 bits per heavy atom. The quantitative estimate of drug-likeness (QED) is 0.742. The van der Waals surface area contributed by atoms with Crippen LogP contribution in [0.3, 0.4) is 0 Å². The monoisotopic (exact) mass is 312 g/mol. The lowest BCUT2D eigenvalue weighted by molar-refractivity contribution is -0.142. The average Bonchev–Trinajstić information content (AvgIpc) is 2.45. The lowest BCUT2D eigenvalue weighted by Crippen LogP contribution is -2.46. The molecule has 3 N–H and O–H groups in total. The van der Waals surface area contributed by atoms with E-state index in [1.165, 1.54) is 0 Å². The molecule has 2 fully saturated rings. The number of carboxylic acids is 1. The molecule has 0 aromatic rings. The minimum atomic E-state index is -0.718. The largest absolute Gasteiger partial charge is 0.481 e. The summed E-state index contributed by atoms with van der Waals surface area (Å²) in [6, 6.07) is -0.0372. The van der Waals surface area contributed by atoms with Crippen LogP contribution in [0.25, 0.3) is 0 Å². The van der Waals surface area contributed by atoms with Gasteiger partial charge in [0.15, 0.2) is 0 Å². The van der Waals surface area contributed by atoms with Crippen LogP contribution >= 0.6 is 0 Å². The van der Waals surface area contributed by atoms with Gasteiger partial charge in [0.1, 0.15) is 0 Å². The van der Waals surface area contributed by atoms with E-state index in [1.54, 1.807) is 0 Å². The van der Waals surface area contributed by atoms with Gasteiger partial charge in [-0.3, -0.25) is 4.79 Å². The number of ether oxygens (including phenoxy) is 1. The van der Waals surface area contributed by atoms with Crippen LogP contribution in [0.5, 0.6) is 0 Å². The Balaban J connectivity index is 1.65. The van der Waals surface area contributed by atoms with Gasteiger partial charge in [0.05, 0.1) is 11.5 Å².